The van der Waals surface area contributed by atoms with Crippen molar-refractivity contribution in [2.24, 2.45) is 0 Å². The average molecular weight is 303 g/mol. The van der Waals surface area contributed by atoms with Gasteiger partial charge < -0.3 is 0 Å². The molecule has 106 valence electrons. The summed E-state index contributed by atoms with van der Waals surface area (Å²) in [6, 6.07) is 12.4. The van der Waals surface area contributed by atoms with Crippen LogP contribution in [-0.4, -0.2) is 20.0 Å². The molecule has 4 nitrogen and oxygen atoms in total. The highest BCUT2D eigenvalue weighted by molar-refractivity contribution is 7.92. The van der Waals surface area contributed by atoms with E-state index >= 15 is 0 Å². The minimum Gasteiger partial charge on any atom is -0.293 e. The molecule has 0 fully saturated rings. The molecule has 2 aromatic carbocycles. The lowest BCUT2D eigenvalue weighted by Crippen LogP contribution is -2.17. The van der Waals surface area contributed by atoms with Gasteiger partial charge in [0.25, 0.3) is 0 Å². The van der Waals surface area contributed by atoms with Crippen LogP contribution in [0.1, 0.15) is 15.9 Å². The molecule has 0 heterocycles. The Hall–Kier alpha value is -2.52. The SMILES string of the molecule is N#Cc1ccc(C(=O)CS(=O)(=O)c2ccccc2F)cc1. The molecule has 0 bridgehead atoms. The van der Waals surface area contributed by atoms with Crippen LogP contribution in [0.3, 0.4) is 0 Å². The molecular weight excluding hydrogens is 293 g/mol. The zero-order valence-electron chi connectivity index (χ0n) is 10.8. The van der Waals surface area contributed by atoms with E-state index in [1.54, 1.807) is 0 Å². The minimum atomic E-state index is -4.04. The highest BCUT2D eigenvalue weighted by atomic mass is 32.2. The molecule has 21 heavy (non-hydrogen) atoms. The van der Waals surface area contributed by atoms with Crippen LogP contribution in [0.25, 0.3) is 0 Å². The predicted molar refractivity (Wildman–Crippen MR) is 73.9 cm³/mol. The summed E-state index contributed by atoms with van der Waals surface area (Å²) in [6.07, 6.45) is 0. The van der Waals surface area contributed by atoms with Crippen LogP contribution in [0.15, 0.2) is 53.4 Å². The number of nitrogens with zero attached hydrogens (tertiary/aromatic N) is 1. The Bertz CT molecular complexity index is 821. The summed E-state index contributed by atoms with van der Waals surface area (Å²) in [6.45, 7) is 0. The van der Waals surface area contributed by atoms with Crippen molar-refractivity contribution in [3.63, 3.8) is 0 Å². The first kappa shape index (κ1) is 14.9. The second kappa shape index (κ2) is 5.85. The van der Waals surface area contributed by atoms with Crippen LogP contribution >= 0.6 is 0 Å². The fraction of sp³-hybridized carbons (Fsp3) is 0.0667. The molecule has 0 unspecified atom stereocenters. The lowest BCUT2D eigenvalue weighted by Gasteiger charge is -2.05. The van der Waals surface area contributed by atoms with Gasteiger partial charge in [0.05, 0.1) is 11.6 Å². The molecule has 0 atom stereocenters. The number of ketones is 1. The molecule has 0 saturated heterocycles. The maximum absolute atomic E-state index is 13.5. The predicted octanol–water partition coefficient (Wildman–Crippen LogP) is 2.35. The molecule has 2 aromatic rings. The van der Waals surface area contributed by atoms with Gasteiger partial charge in [-0.05, 0) is 24.3 Å². The number of nitriles is 1. The summed E-state index contributed by atoms with van der Waals surface area (Å²) in [5, 5.41) is 8.66. The number of halogens is 1. The largest absolute Gasteiger partial charge is 0.293 e. The zero-order valence-corrected chi connectivity index (χ0v) is 11.6. The van der Waals surface area contributed by atoms with Crippen molar-refractivity contribution in [3.05, 3.63) is 65.5 Å². The third-order valence-electron chi connectivity index (χ3n) is 2.83. The van der Waals surface area contributed by atoms with Crippen molar-refractivity contribution in [1.29, 1.82) is 5.26 Å². The standard InChI is InChI=1S/C15H10FNO3S/c16-13-3-1-2-4-15(13)21(19,20)10-14(18)12-7-5-11(9-17)6-8-12/h1-8H,10H2. The van der Waals surface area contributed by atoms with Crippen molar-refractivity contribution >= 4 is 15.6 Å². The van der Waals surface area contributed by atoms with Crippen molar-refractivity contribution in [2.45, 2.75) is 4.90 Å². The number of Topliss-reactive ketones (excluding diaryl/α,β-unsaturated/α-hetero) is 1. The lowest BCUT2D eigenvalue weighted by molar-refractivity contribution is 0.102. The van der Waals surface area contributed by atoms with Gasteiger partial charge in [-0.2, -0.15) is 5.26 Å². The highest BCUT2D eigenvalue weighted by Crippen LogP contribution is 2.17. The maximum atomic E-state index is 13.5. The normalized spacial score (nSPS) is 10.9. The number of rotatable bonds is 4. The smallest absolute Gasteiger partial charge is 0.188 e. The second-order valence-electron chi connectivity index (χ2n) is 4.30. The molecular formula is C15H10FNO3S. The van der Waals surface area contributed by atoms with Crippen LogP contribution in [0.4, 0.5) is 4.39 Å². The van der Waals surface area contributed by atoms with Crippen molar-refractivity contribution in [2.75, 3.05) is 5.75 Å². The van der Waals surface area contributed by atoms with Crippen LogP contribution < -0.4 is 0 Å². The maximum Gasteiger partial charge on any atom is 0.188 e. The van der Waals surface area contributed by atoms with Gasteiger partial charge in [0, 0.05) is 5.56 Å². The summed E-state index contributed by atoms with van der Waals surface area (Å²) >= 11 is 0. The molecule has 0 saturated carbocycles. The highest BCUT2D eigenvalue weighted by Gasteiger charge is 2.23. The number of carbonyl (C=O) groups excluding carboxylic acids is 1. The molecule has 0 aliphatic heterocycles. The van der Waals surface area contributed by atoms with E-state index in [0.717, 1.165) is 12.1 Å². The van der Waals surface area contributed by atoms with Crippen LogP contribution in [0, 0.1) is 17.1 Å². The van der Waals surface area contributed by atoms with E-state index < -0.39 is 32.1 Å². The summed E-state index contributed by atoms with van der Waals surface area (Å²) in [5.74, 6) is -2.35. The van der Waals surface area contributed by atoms with Crippen LogP contribution in [-0.2, 0) is 9.84 Å². The van der Waals surface area contributed by atoms with E-state index in [9.17, 15) is 17.6 Å². The lowest BCUT2D eigenvalue weighted by atomic mass is 10.1. The number of sulfone groups is 1. The molecule has 0 aromatic heterocycles. The Morgan fingerprint density at radius 1 is 1.10 bits per heavy atom. The molecule has 0 amide bonds. The number of benzene rings is 2. The van der Waals surface area contributed by atoms with Crippen molar-refractivity contribution in [3.8, 4) is 6.07 Å². The Kier molecular flexibility index (Phi) is 4.15. The molecule has 6 heteroatoms. The molecule has 0 radical (unpaired) electrons. The number of carbonyl (C=O) groups is 1. The van der Waals surface area contributed by atoms with E-state index in [2.05, 4.69) is 0 Å². The first-order chi connectivity index (χ1) is 9.94. The first-order valence-corrected chi connectivity index (χ1v) is 7.60. The van der Waals surface area contributed by atoms with Gasteiger partial charge in [0.2, 0.25) is 0 Å². The first-order valence-electron chi connectivity index (χ1n) is 5.95. The third-order valence-corrected chi connectivity index (χ3v) is 4.47. The van der Waals surface area contributed by atoms with Crippen molar-refractivity contribution in [1.82, 2.24) is 0 Å². The summed E-state index contributed by atoms with van der Waals surface area (Å²) in [4.78, 5) is 11.5. The fourth-order valence-electron chi connectivity index (χ4n) is 1.76. The van der Waals surface area contributed by atoms with E-state index in [1.165, 1.54) is 36.4 Å². The molecule has 0 spiro atoms. The Morgan fingerprint density at radius 2 is 1.71 bits per heavy atom. The van der Waals surface area contributed by atoms with Gasteiger partial charge in [0.1, 0.15) is 16.5 Å². The van der Waals surface area contributed by atoms with Gasteiger partial charge in [0.15, 0.2) is 15.6 Å². The zero-order chi connectivity index (χ0) is 15.5. The summed E-state index contributed by atoms with van der Waals surface area (Å²) < 4.78 is 37.6. The van der Waals surface area contributed by atoms with Gasteiger partial charge in [-0.1, -0.05) is 24.3 Å². The van der Waals surface area contributed by atoms with E-state index in [0.29, 0.717) is 5.56 Å². The topological polar surface area (TPSA) is 75.0 Å². The molecule has 2 rings (SSSR count). The van der Waals surface area contributed by atoms with Crippen LogP contribution in [0.5, 0.6) is 0 Å². The van der Waals surface area contributed by atoms with Gasteiger partial charge in [-0.3, -0.25) is 4.79 Å². The Labute approximate surface area is 121 Å². The van der Waals surface area contributed by atoms with Crippen LogP contribution in [0.2, 0.25) is 0 Å². The molecule has 0 N–H and O–H groups in total. The van der Waals surface area contributed by atoms with E-state index in [4.69, 9.17) is 5.26 Å². The minimum absolute atomic E-state index is 0.161. The van der Waals surface area contributed by atoms with Crippen molar-refractivity contribution < 1.29 is 17.6 Å². The fourth-order valence-corrected chi connectivity index (χ4v) is 3.08. The number of hydrogen-bond acceptors (Lipinski definition) is 4. The Balaban J connectivity index is 2.26. The molecule has 0 aliphatic carbocycles. The quantitative estimate of drug-likeness (QED) is 0.813. The monoisotopic (exact) mass is 303 g/mol. The van der Waals surface area contributed by atoms with Gasteiger partial charge in [-0.15, -0.1) is 0 Å². The summed E-state index contributed by atoms with van der Waals surface area (Å²) in [5.41, 5.74) is 0.525. The second-order valence-corrected chi connectivity index (χ2v) is 6.26. The third kappa shape index (κ3) is 3.33. The Morgan fingerprint density at radius 3 is 2.29 bits per heavy atom. The average Bonchev–Trinajstić information content (AvgIpc) is 2.47. The van der Waals surface area contributed by atoms with Gasteiger partial charge in [-0.25, -0.2) is 12.8 Å². The summed E-state index contributed by atoms with van der Waals surface area (Å²) in [7, 11) is -4.04. The van der Waals surface area contributed by atoms with E-state index in [1.807, 2.05) is 6.07 Å². The molecule has 0 aliphatic rings. The van der Waals surface area contributed by atoms with Gasteiger partial charge >= 0.3 is 0 Å². The van der Waals surface area contributed by atoms with E-state index in [-0.39, 0.29) is 5.56 Å². The number of hydrogen-bond donors (Lipinski definition) is 0.